The highest BCUT2D eigenvalue weighted by atomic mass is 16.4. The van der Waals surface area contributed by atoms with Crippen LogP contribution in [0.4, 0.5) is 0 Å². The van der Waals surface area contributed by atoms with Gasteiger partial charge in [0, 0.05) is 12.2 Å². The largest absolute Gasteiger partial charge is 0.478 e. The molecule has 0 bridgehead atoms. The molecule has 0 fully saturated rings. The third kappa shape index (κ3) is 1.68. The Bertz CT molecular complexity index is 574. The van der Waals surface area contributed by atoms with E-state index in [0.29, 0.717) is 11.1 Å². The van der Waals surface area contributed by atoms with Crippen molar-refractivity contribution in [2.75, 3.05) is 7.05 Å². The molecule has 0 aromatic carbocycles. The van der Waals surface area contributed by atoms with Gasteiger partial charge in [-0.1, -0.05) is 0 Å². The number of nitrogens with zero attached hydrogens (tertiary/aromatic N) is 2. The summed E-state index contributed by atoms with van der Waals surface area (Å²) in [6.45, 7) is 3.80. The van der Waals surface area contributed by atoms with Gasteiger partial charge in [0.1, 0.15) is 0 Å². The Hall–Kier alpha value is -1.88. The number of nitrogens with one attached hydrogen (secondary N) is 1. The highest BCUT2D eigenvalue weighted by Gasteiger charge is 2.22. The average Bonchev–Trinajstić information content (AvgIpc) is 2.60. The maximum absolute atomic E-state index is 11.3. The van der Waals surface area contributed by atoms with Crippen LogP contribution in [0.3, 0.4) is 0 Å². The molecule has 5 heteroatoms. The fourth-order valence-electron chi connectivity index (χ4n) is 2.15. The van der Waals surface area contributed by atoms with Crippen molar-refractivity contribution in [1.29, 1.82) is 0 Å². The topological polar surface area (TPSA) is 66.6 Å². The summed E-state index contributed by atoms with van der Waals surface area (Å²) in [6.07, 6.45) is 1.66. The first-order chi connectivity index (χ1) is 8.07. The Morgan fingerprint density at radius 3 is 2.88 bits per heavy atom. The van der Waals surface area contributed by atoms with Gasteiger partial charge in [-0.25, -0.2) is 9.31 Å². The smallest absolute Gasteiger partial charge is 0.338 e. The van der Waals surface area contributed by atoms with Gasteiger partial charge in [-0.3, -0.25) is 0 Å². The first-order valence-electron chi connectivity index (χ1n) is 5.44. The molecule has 0 amide bonds. The van der Waals surface area contributed by atoms with Gasteiger partial charge in [-0.15, -0.1) is 0 Å². The minimum absolute atomic E-state index is 0.0468. The van der Waals surface area contributed by atoms with E-state index in [1.54, 1.807) is 22.8 Å². The molecular formula is C12H15N3O2. The number of hydrogen-bond donors (Lipinski definition) is 2. The lowest BCUT2D eigenvalue weighted by atomic mass is 10.1. The Morgan fingerprint density at radius 1 is 1.59 bits per heavy atom. The molecule has 2 aromatic rings. The van der Waals surface area contributed by atoms with Crippen LogP contribution in [-0.4, -0.2) is 27.7 Å². The molecule has 0 saturated carbocycles. The lowest BCUT2D eigenvalue weighted by Crippen LogP contribution is -2.16. The van der Waals surface area contributed by atoms with Crippen LogP contribution in [0.25, 0.3) is 5.52 Å². The summed E-state index contributed by atoms with van der Waals surface area (Å²) in [5.74, 6) is -0.914. The van der Waals surface area contributed by atoms with Crippen molar-refractivity contribution in [1.82, 2.24) is 14.9 Å². The van der Waals surface area contributed by atoms with Crippen molar-refractivity contribution in [3.05, 3.63) is 35.2 Å². The van der Waals surface area contributed by atoms with E-state index in [4.69, 9.17) is 0 Å². The summed E-state index contributed by atoms with van der Waals surface area (Å²) < 4.78 is 1.69. The highest BCUT2D eigenvalue weighted by Crippen LogP contribution is 2.26. The quantitative estimate of drug-likeness (QED) is 0.845. The van der Waals surface area contributed by atoms with Gasteiger partial charge in [0.2, 0.25) is 0 Å². The molecule has 90 valence electrons. The molecule has 0 aliphatic heterocycles. The minimum atomic E-state index is -0.914. The Labute approximate surface area is 99.1 Å². The summed E-state index contributed by atoms with van der Waals surface area (Å²) in [4.78, 5) is 11.3. The molecule has 5 nitrogen and oxygen atoms in total. The van der Waals surface area contributed by atoms with E-state index in [1.807, 2.05) is 20.9 Å². The zero-order chi connectivity index (χ0) is 12.6. The van der Waals surface area contributed by atoms with Gasteiger partial charge < -0.3 is 10.4 Å². The van der Waals surface area contributed by atoms with Gasteiger partial charge in [-0.05, 0) is 38.6 Å². The fraction of sp³-hybridized carbons (Fsp3) is 0.333. The first-order valence-corrected chi connectivity index (χ1v) is 5.44. The number of rotatable bonds is 3. The van der Waals surface area contributed by atoms with Crippen LogP contribution < -0.4 is 5.32 Å². The van der Waals surface area contributed by atoms with E-state index >= 15 is 0 Å². The van der Waals surface area contributed by atoms with E-state index in [0.717, 1.165) is 11.3 Å². The maximum Gasteiger partial charge on any atom is 0.338 e. The molecule has 2 N–H and O–H groups in total. The molecule has 0 aliphatic carbocycles. The second-order valence-corrected chi connectivity index (χ2v) is 4.02. The van der Waals surface area contributed by atoms with Crippen molar-refractivity contribution < 1.29 is 9.90 Å². The van der Waals surface area contributed by atoms with Crippen molar-refractivity contribution in [3.8, 4) is 0 Å². The summed E-state index contributed by atoms with van der Waals surface area (Å²) in [5, 5.41) is 16.6. The molecule has 0 radical (unpaired) electrons. The number of fused-ring (bicyclic) bond motifs is 1. The summed E-state index contributed by atoms with van der Waals surface area (Å²) in [6, 6.07) is 3.56. The van der Waals surface area contributed by atoms with Crippen LogP contribution in [0.1, 0.15) is 34.6 Å². The number of carboxylic acid groups (broad SMARTS) is 1. The number of aromatic nitrogens is 2. The Kier molecular flexibility index (Phi) is 2.85. The van der Waals surface area contributed by atoms with Crippen LogP contribution in [0.2, 0.25) is 0 Å². The third-order valence-electron chi connectivity index (χ3n) is 3.05. The van der Waals surface area contributed by atoms with Crippen molar-refractivity contribution in [2.45, 2.75) is 19.9 Å². The van der Waals surface area contributed by atoms with E-state index in [2.05, 4.69) is 10.4 Å². The Balaban J connectivity index is 2.84. The molecule has 2 aromatic heterocycles. The van der Waals surface area contributed by atoms with Gasteiger partial charge in [0.25, 0.3) is 0 Å². The first kappa shape index (κ1) is 11.6. The van der Waals surface area contributed by atoms with Crippen molar-refractivity contribution in [3.63, 3.8) is 0 Å². The number of aromatic carboxylic acids is 1. The van der Waals surface area contributed by atoms with E-state index in [1.165, 1.54) is 0 Å². The second-order valence-electron chi connectivity index (χ2n) is 4.02. The van der Waals surface area contributed by atoms with Crippen LogP contribution in [0.15, 0.2) is 18.3 Å². The predicted molar refractivity (Wildman–Crippen MR) is 64.4 cm³/mol. The lowest BCUT2D eigenvalue weighted by Gasteiger charge is -2.11. The fourth-order valence-corrected chi connectivity index (χ4v) is 2.15. The molecule has 0 saturated heterocycles. The highest BCUT2D eigenvalue weighted by molar-refractivity contribution is 5.98. The van der Waals surface area contributed by atoms with Crippen LogP contribution in [-0.2, 0) is 0 Å². The third-order valence-corrected chi connectivity index (χ3v) is 3.05. The summed E-state index contributed by atoms with van der Waals surface area (Å²) >= 11 is 0. The maximum atomic E-state index is 11.3. The van der Waals surface area contributed by atoms with Gasteiger partial charge >= 0.3 is 5.97 Å². The molecule has 17 heavy (non-hydrogen) atoms. The summed E-state index contributed by atoms with van der Waals surface area (Å²) in [5.41, 5.74) is 2.61. The van der Waals surface area contributed by atoms with Crippen molar-refractivity contribution in [2.24, 2.45) is 0 Å². The van der Waals surface area contributed by atoms with E-state index in [-0.39, 0.29) is 6.04 Å². The minimum Gasteiger partial charge on any atom is -0.478 e. The lowest BCUT2D eigenvalue weighted by molar-refractivity contribution is 0.0698. The second kappa shape index (κ2) is 4.18. The standard InChI is InChI=1S/C12H15N3O2/c1-7-10(12(16)17)9-5-4-6-14-15(9)11(7)8(2)13-3/h4-6,8,13H,1-3H3,(H,16,17). The Morgan fingerprint density at radius 2 is 2.29 bits per heavy atom. The van der Waals surface area contributed by atoms with Crippen LogP contribution in [0, 0.1) is 6.92 Å². The monoisotopic (exact) mass is 233 g/mol. The SMILES string of the molecule is CNC(C)c1c(C)c(C(=O)O)c2cccnn12. The summed E-state index contributed by atoms with van der Waals surface area (Å²) in [7, 11) is 1.84. The molecule has 1 atom stereocenters. The molecule has 0 spiro atoms. The van der Waals surface area contributed by atoms with Gasteiger partial charge in [-0.2, -0.15) is 5.10 Å². The molecule has 0 aliphatic rings. The average molecular weight is 233 g/mol. The molecule has 2 heterocycles. The molecule has 2 rings (SSSR count). The number of carbonyl (C=O) groups is 1. The van der Waals surface area contributed by atoms with Gasteiger partial charge in [0.05, 0.1) is 16.8 Å². The van der Waals surface area contributed by atoms with E-state index in [9.17, 15) is 9.90 Å². The van der Waals surface area contributed by atoms with Gasteiger partial charge in [0.15, 0.2) is 0 Å². The molecular weight excluding hydrogens is 218 g/mol. The predicted octanol–water partition coefficient (Wildman–Crippen LogP) is 1.62. The number of hydrogen-bond acceptors (Lipinski definition) is 3. The van der Waals surface area contributed by atoms with Crippen LogP contribution in [0.5, 0.6) is 0 Å². The molecule has 1 unspecified atom stereocenters. The van der Waals surface area contributed by atoms with E-state index < -0.39 is 5.97 Å². The zero-order valence-electron chi connectivity index (χ0n) is 10.1. The van der Waals surface area contributed by atoms with Crippen molar-refractivity contribution >= 4 is 11.5 Å². The normalized spacial score (nSPS) is 12.9. The van der Waals surface area contributed by atoms with Crippen LogP contribution >= 0.6 is 0 Å². The number of carboxylic acids is 1. The zero-order valence-corrected chi connectivity index (χ0v) is 10.1.